The number of esters is 1. The molecule has 0 aliphatic carbocycles. The first-order valence-electron chi connectivity index (χ1n) is 7.52. The van der Waals surface area contributed by atoms with Crippen LogP contribution in [0.25, 0.3) is 17.0 Å². The number of amides is 1. The number of nitrogens with one attached hydrogen (secondary N) is 1. The lowest BCUT2D eigenvalue weighted by atomic mass is 9.94. The van der Waals surface area contributed by atoms with Gasteiger partial charge in [-0.25, -0.2) is 14.4 Å². The number of hydrogen-bond acceptors (Lipinski definition) is 5. The molecule has 0 bridgehead atoms. The van der Waals surface area contributed by atoms with Crippen molar-refractivity contribution in [1.82, 2.24) is 9.88 Å². The Morgan fingerprint density at radius 3 is 2.69 bits per heavy atom. The van der Waals surface area contributed by atoms with Crippen LogP contribution >= 0.6 is 15.9 Å². The first kappa shape index (κ1) is 18.0. The van der Waals surface area contributed by atoms with E-state index < -0.39 is 23.8 Å². The largest absolute Gasteiger partial charge is 0.465 e. The number of cyclic esters (lactones) is 1. The Hall–Kier alpha value is -2.81. The molecular weight excluding hydrogens is 408 g/mol. The molecule has 2 N–H and O–H groups in total. The number of carbonyl (C=O) groups is 3. The number of carboxylic acid groups (broad SMARTS) is 1. The van der Waals surface area contributed by atoms with Gasteiger partial charge >= 0.3 is 18.2 Å². The van der Waals surface area contributed by atoms with Crippen molar-refractivity contribution in [3.8, 4) is 0 Å². The molecule has 0 saturated carbocycles. The Kier molecular flexibility index (Phi) is 4.27. The third-order valence-electron chi connectivity index (χ3n) is 4.03. The smallest absolute Gasteiger partial charge is 0.419 e. The predicted molar refractivity (Wildman–Crippen MR) is 95.7 cm³/mol. The number of carbonyl (C=O) groups excluding carboxylic acids is 2. The molecule has 0 saturated heterocycles. The molecular formula is C17H15BrN2O6. The van der Waals surface area contributed by atoms with Gasteiger partial charge in [0.2, 0.25) is 0 Å². The molecule has 9 heteroatoms. The fourth-order valence-electron chi connectivity index (χ4n) is 2.92. The second-order valence-electron chi connectivity index (χ2n) is 6.16. The average Bonchev–Trinajstić information content (AvgIpc) is 2.89. The van der Waals surface area contributed by atoms with Crippen molar-refractivity contribution >= 4 is 51.1 Å². The highest BCUT2D eigenvalue weighted by molar-refractivity contribution is 9.10. The van der Waals surface area contributed by atoms with Gasteiger partial charge < -0.3 is 14.6 Å². The number of benzene rings is 1. The van der Waals surface area contributed by atoms with Crippen LogP contribution in [0.4, 0.5) is 9.59 Å². The summed E-state index contributed by atoms with van der Waals surface area (Å²) in [6.45, 7) is 3.56. The van der Waals surface area contributed by atoms with Gasteiger partial charge in [0.1, 0.15) is 11.3 Å². The summed E-state index contributed by atoms with van der Waals surface area (Å²) in [6.07, 6.45) is 0.850. The molecule has 1 aromatic heterocycles. The number of hydrogen-bond donors (Lipinski definition) is 2. The topological polar surface area (TPSA) is 107 Å². The maximum atomic E-state index is 12.3. The molecule has 0 fully saturated rings. The van der Waals surface area contributed by atoms with Crippen LogP contribution in [0.3, 0.4) is 0 Å². The molecule has 136 valence electrons. The molecule has 1 aliphatic heterocycles. The van der Waals surface area contributed by atoms with Crippen molar-refractivity contribution in [3.05, 3.63) is 39.6 Å². The number of ether oxygens (including phenoxy) is 2. The summed E-state index contributed by atoms with van der Waals surface area (Å²) in [4.78, 5) is 35.2. The summed E-state index contributed by atoms with van der Waals surface area (Å²) in [5.41, 5.74) is 0.782. The maximum absolute atomic E-state index is 12.3. The van der Waals surface area contributed by atoms with Gasteiger partial charge in [-0.15, -0.1) is 0 Å². The molecule has 8 nitrogen and oxygen atoms in total. The van der Waals surface area contributed by atoms with Crippen LogP contribution in [0.2, 0.25) is 0 Å². The second-order valence-corrected chi connectivity index (χ2v) is 7.08. The van der Waals surface area contributed by atoms with Crippen LogP contribution in [0.15, 0.2) is 28.5 Å². The molecule has 2 aromatic rings. The number of nitrogens with zero attached hydrogens (tertiary/aromatic N) is 1. The summed E-state index contributed by atoms with van der Waals surface area (Å²) in [5.74, 6) is -0.846. The third kappa shape index (κ3) is 2.94. The van der Waals surface area contributed by atoms with Crippen molar-refractivity contribution in [1.29, 1.82) is 0 Å². The minimum atomic E-state index is -1.41. The maximum Gasteiger partial charge on any atom is 0.419 e. The Labute approximate surface area is 156 Å². The summed E-state index contributed by atoms with van der Waals surface area (Å²) in [6, 6.07) is 3.64. The van der Waals surface area contributed by atoms with Crippen molar-refractivity contribution in [2.24, 2.45) is 0 Å². The molecule has 1 aliphatic rings. The lowest BCUT2D eigenvalue weighted by Crippen LogP contribution is -2.33. The van der Waals surface area contributed by atoms with Gasteiger partial charge in [0.25, 0.3) is 0 Å². The van der Waals surface area contributed by atoms with Gasteiger partial charge in [-0.2, -0.15) is 0 Å². The number of aromatic nitrogens is 1. The second kappa shape index (κ2) is 6.17. The SMILES string of the molecule is COC(=O)/C(=C/c1cn2c3c(cc(Br)cc13)C(C)(C)OC2=O)NC(=O)O. The van der Waals surface area contributed by atoms with E-state index in [2.05, 4.69) is 20.7 Å². The van der Waals surface area contributed by atoms with Crippen LogP contribution in [0.5, 0.6) is 0 Å². The van der Waals surface area contributed by atoms with Gasteiger partial charge in [0.15, 0.2) is 0 Å². The first-order valence-corrected chi connectivity index (χ1v) is 8.31. The van der Waals surface area contributed by atoms with Crippen LogP contribution in [0, 0.1) is 0 Å². The molecule has 26 heavy (non-hydrogen) atoms. The summed E-state index contributed by atoms with van der Waals surface area (Å²) < 4.78 is 12.2. The van der Waals surface area contributed by atoms with E-state index in [1.54, 1.807) is 19.9 Å². The minimum absolute atomic E-state index is 0.271. The fourth-order valence-corrected chi connectivity index (χ4v) is 3.38. The number of rotatable bonds is 3. The van der Waals surface area contributed by atoms with Crippen LogP contribution < -0.4 is 5.32 Å². The minimum Gasteiger partial charge on any atom is -0.465 e. The molecule has 0 spiro atoms. The zero-order valence-corrected chi connectivity index (χ0v) is 15.7. The number of halogens is 1. The lowest BCUT2D eigenvalue weighted by molar-refractivity contribution is -0.136. The Morgan fingerprint density at radius 2 is 2.08 bits per heavy atom. The Balaban J connectivity index is 2.30. The van der Waals surface area contributed by atoms with Gasteiger partial charge in [0.05, 0.1) is 12.6 Å². The highest BCUT2D eigenvalue weighted by Gasteiger charge is 2.36. The monoisotopic (exact) mass is 422 g/mol. The van der Waals surface area contributed by atoms with Gasteiger partial charge in [-0.1, -0.05) is 15.9 Å². The van der Waals surface area contributed by atoms with Crippen molar-refractivity contribution < 1.29 is 29.0 Å². The van der Waals surface area contributed by atoms with E-state index in [1.165, 1.54) is 16.8 Å². The molecule has 0 radical (unpaired) electrons. The molecule has 3 rings (SSSR count). The highest BCUT2D eigenvalue weighted by atomic mass is 79.9. The van der Waals surface area contributed by atoms with E-state index in [0.717, 1.165) is 17.1 Å². The fraction of sp³-hybridized carbons (Fsp3) is 0.235. The summed E-state index contributed by atoms with van der Waals surface area (Å²) in [5, 5.41) is 11.6. The van der Waals surface area contributed by atoms with Gasteiger partial charge in [0, 0.05) is 27.2 Å². The van der Waals surface area contributed by atoms with Crippen LogP contribution in [-0.2, 0) is 19.9 Å². The van der Waals surface area contributed by atoms with E-state index in [9.17, 15) is 14.4 Å². The van der Waals surface area contributed by atoms with E-state index in [1.807, 2.05) is 11.4 Å². The van der Waals surface area contributed by atoms with E-state index in [-0.39, 0.29) is 5.70 Å². The third-order valence-corrected chi connectivity index (χ3v) is 4.49. The summed E-state index contributed by atoms with van der Waals surface area (Å²) >= 11 is 3.44. The molecule has 1 aromatic carbocycles. The van der Waals surface area contributed by atoms with Gasteiger partial charge in [-0.3, -0.25) is 9.88 Å². The standard InChI is InChI=1S/C17H15BrN2O6/c1-17(2)11-6-9(18)5-10-8(7-20(13(10)11)16(24)26-17)4-12(14(21)25-3)19-15(22)23/h4-7,19H,1-3H3,(H,22,23)/b12-4-. The molecule has 1 amide bonds. The normalized spacial score (nSPS) is 15.5. The predicted octanol–water partition coefficient (Wildman–Crippen LogP) is 3.42. The van der Waals surface area contributed by atoms with Crippen LogP contribution in [0.1, 0.15) is 25.0 Å². The summed E-state index contributed by atoms with van der Waals surface area (Å²) in [7, 11) is 1.14. The van der Waals surface area contributed by atoms with Crippen molar-refractivity contribution in [2.45, 2.75) is 19.4 Å². The molecule has 0 unspecified atom stereocenters. The van der Waals surface area contributed by atoms with Crippen LogP contribution in [-0.4, -0.2) is 34.9 Å². The van der Waals surface area contributed by atoms with Crippen molar-refractivity contribution in [2.75, 3.05) is 7.11 Å². The quantitative estimate of drug-likeness (QED) is 0.579. The van der Waals surface area contributed by atoms with E-state index in [0.29, 0.717) is 16.5 Å². The molecule has 0 atom stereocenters. The highest BCUT2D eigenvalue weighted by Crippen LogP contribution is 2.40. The first-order chi connectivity index (χ1) is 12.1. The van der Waals surface area contributed by atoms with Crippen molar-refractivity contribution in [3.63, 3.8) is 0 Å². The van der Waals surface area contributed by atoms with Gasteiger partial charge in [-0.05, 0) is 32.1 Å². The zero-order valence-electron chi connectivity index (χ0n) is 14.1. The molecule has 2 heterocycles. The number of methoxy groups -OCH3 is 1. The van der Waals surface area contributed by atoms with E-state index >= 15 is 0 Å². The Bertz CT molecular complexity index is 989. The zero-order chi connectivity index (χ0) is 19.2. The lowest BCUT2D eigenvalue weighted by Gasteiger charge is -2.31. The average molecular weight is 423 g/mol. The van der Waals surface area contributed by atoms with E-state index in [4.69, 9.17) is 9.84 Å². The Morgan fingerprint density at radius 1 is 1.38 bits per heavy atom.